The highest BCUT2D eigenvalue weighted by Gasteiger charge is 2.19. The number of aryl methyl sites for hydroxylation is 1. The van der Waals surface area contributed by atoms with Crippen LogP contribution in [-0.2, 0) is 7.05 Å². The lowest BCUT2D eigenvalue weighted by atomic mass is 10.2. The van der Waals surface area contributed by atoms with E-state index in [4.69, 9.17) is 5.73 Å². The molecule has 0 atom stereocenters. The zero-order valence-corrected chi connectivity index (χ0v) is 10.2. The van der Waals surface area contributed by atoms with Crippen LogP contribution in [0.1, 0.15) is 10.5 Å². The van der Waals surface area contributed by atoms with Crippen molar-refractivity contribution in [2.24, 2.45) is 7.05 Å². The summed E-state index contributed by atoms with van der Waals surface area (Å²) in [6.07, 6.45) is 1.64. The predicted octanol–water partition coefficient (Wildman–Crippen LogP) is 2.02. The first-order valence-corrected chi connectivity index (χ1v) is 5.45. The molecule has 0 fully saturated rings. The summed E-state index contributed by atoms with van der Waals surface area (Å²) in [6, 6.07) is 7.71. The fraction of sp³-hybridized carbons (Fsp3) is 0.154. The number of carbonyl (C=O) groups is 1. The monoisotopic (exact) mass is 247 g/mol. The zero-order valence-electron chi connectivity index (χ0n) is 10.2. The Hall–Kier alpha value is -2.30. The van der Waals surface area contributed by atoms with Gasteiger partial charge >= 0.3 is 0 Å². The summed E-state index contributed by atoms with van der Waals surface area (Å²) in [6.45, 7) is 0. The third-order valence-electron chi connectivity index (χ3n) is 2.76. The quantitative estimate of drug-likeness (QED) is 0.882. The van der Waals surface area contributed by atoms with Gasteiger partial charge in [-0.3, -0.25) is 4.79 Å². The molecule has 0 aliphatic heterocycles. The normalized spacial score (nSPS) is 10.4. The number of anilines is 2. The van der Waals surface area contributed by atoms with E-state index in [0.29, 0.717) is 11.4 Å². The summed E-state index contributed by atoms with van der Waals surface area (Å²) in [5.74, 6) is -0.741. The molecule has 94 valence electrons. The smallest absolute Gasteiger partial charge is 0.274 e. The summed E-state index contributed by atoms with van der Waals surface area (Å²) in [4.78, 5) is 13.5. The van der Waals surface area contributed by atoms with Crippen molar-refractivity contribution in [2.45, 2.75) is 0 Å². The van der Waals surface area contributed by atoms with Crippen molar-refractivity contribution < 1.29 is 9.18 Å². The lowest BCUT2D eigenvalue weighted by molar-refractivity contribution is 0.0984. The van der Waals surface area contributed by atoms with Gasteiger partial charge < -0.3 is 15.2 Å². The van der Waals surface area contributed by atoms with Gasteiger partial charge in [0, 0.05) is 20.3 Å². The number of nitrogen functional groups attached to an aromatic ring is 1. The summed E-state index contributed by atoms with van der Waals surface area (Å²) in [5.41, 5.74) is 6.78. The number of para-hydroxylation sites is 1. The van der Waals surface area contributed by atoms with Crippen molar-refractivity contribution in [3.05, 3.63) is 48.0 Å². The molecule has 0 unspecified atom stereocenters. The maximum atomic E-state index is 13.6. The molecule has 4 nitrogen and oxygen atoms in total. The molecule has 2 N–H and O–H groups in total. The minimum absolute atomic E-state index is 0.238. The molecule has 0 aliphatic carbocycles. The van der Waals surface area contributed by atoms with Crippen LogP contribution in [0, 0.1) is 5.82 Å². The second kappa shape index (κ2) is 4.52. The molecule has 18 heavy (non-hydrogen) atoms. The lowest BCUT2D eigenvalue weighted by Gasteiger charge is -2.18. The average Bonchev–Trinajstić information content (AvgIpc) is 2.67. The fourth-order valence-electron chi connectivity index (χ4n) is 1.81. The Kier molecular flexibility index (Phi) is 3.06. The minimum Gasteiger partial charge on any atom is -0.397 e. The number of hydrogen-bond donors (Lipinski definition) is 1. The van der Waals surface area contributed by atoms with Gasteiger partial charge in [-0.05, 0) is 18.2 Å². The van der Waals surface area contributed by atoms with Gasteiger partial charge in [0.15, 0.2) is 0 Å². The van der Waals surface area contributed by atoms with Crippen molar-refractivity contribution in [1.29, 1.82) is 0 Å². The molecule has 2 aromatic rings. The molecule has 0 aliphatic rings. The molecule has 1 aromatic heterocycles. The molecule has 5 heteroatoms. The number of amides is 1. The summed E-state index contributed by atoms with van der Waals surface area (Å²) < 4.78 is 15.2. The molecule has 1 aromatic carbocycles. The third kappa shape index (κ3) is 2.07. The number of carbonyl (C=O) groups excluding carboxylic acids is 1. The Bertz CT molecular complexity index is 592. The molecule has 0 radical (unpaired) electrons. The number of rotatable bonds is 2. The SMILES string of the molecule is CN(C(=O)c1cc(N)cn1C)c1ccccc1F. The minimum atomic E-state index is -0.435. The first kappa shape index (κ1) is 12.2. The van der Waals surface area contributed by atoms with Crippen molar-refractivity contribution >= 4 is 17.3 Å². The van der Waals surface area contributed by atoms with Crippen LogP contribution >= 0.6 is 0 Å². The molecular formula is C13H14FN3O. The van der Waals surface area contributed by atoms with Gasteiger partial charge in [0.1, 0.15) is 11.5 Å². The molecule has 2 rings (SSSR count). The molecule has 0 saturated carbocycles. The van der Waals surface area contributed by atoms with E-state index in [1.807, 2.05) is 0 Å². The highest BCUT2D eigenvalue weighted by Crippen LogP contribution is 2.20. The van der Waals surface area contributed by atoms with Crippen molar-refractivity contribution in [2.75, 3.05) is 17.7 Å². The van der Waals surface area contributed by atoms with E-state index in [1.165, 1.54) is 18.0 Å². The molecule has 0 bridgehead atoms. The highest BCUT2D eigenvalue weighted by atomic mass is 19.1. The standard InChI is InChI=1S/C13H14FN3O/c1-16-8-9(15)7-12(16)13(18)17(2)11-6-4-3-5-10(11)14/h3-8H,15H2,1-2H3. The van der Waals surface area contributed by atoms with Crippen molar-refractivity contribution in [3.8, 4) is 0 Å². The number of halogens is 1. The Balaban J connectivity index is 2.35. The largest absolute Gasteiger partial charge is 0.397 e. The van der Waals surface area contributed by atoms with Gasteiger partial charge in [0.05, 0.1) is 11.4 Å². The predicted molar refractivity (Wildman–Crippen MR) is 69.0 cm³/mol. The second-order valence-electron chi connectivity index (χ2n) is 4.09. The van der Waals surface area contributed by atoms with Gasteiger partial charge in [-0.2, -0.15) is 0 Å². The molecule has 1 amide bonds. The Morgan fingerprint density at radius 2 is 2.06 bits per heavy atom. The van der Waals surface area contributed by atoms with Crippen LogP contribution in [0.3, 0.4) is 0 Å². The Labute approximate surface area is 104 Å². The highest BCUT2D eigenvalue weighted by molar-refractivity contribution is 6.05. The zero-order chi connectivity index (χ0) is 13.3. The first-order chi connectivity index (χ1) is 8.50. The molecule has 0 spiro atoms. The van der Waals surface area contributed by atoms with Crippen LogP contribution < -0.4 is 10.6 Å². The second-order valence-corrected chi connectivity index (χ2v) is 4.09. The van der Waals surface area contributed by atoms with Crippen LogP contribution in [0.4, 0.5) is 15.8 Å². The summed E-state index contributed by atoms with van der Waals surface area (Å²) in [7, 11) is 3.25. The maximum Gasteiger partial charge on any atom is 0.274 e. The van der Waals surface area contributed by atoms with Gasteiger partial charge in [-0.15, -0.1) is 0 Å². The van der Waals surface area contributed by atoms with Crippen LogP contribution in [0.15, 0.2) is 36.5 Å². The van der Waals surface area contributed by atoms with Crippen LogP contribution in [0.2, 0.25) is 0 Å². The van der Waals surface area contributed by atoms with E-state index >= 15 is 0 Å². The summed E-state index contributed by atoms with van der Waals surface area (Å²) in [5, 5.41) is 0. The summed E-state index contributed by atoms with van der Waals surface area (Å²) >= 11 is 0. The third-order valence-corrected chi connectivity index (χ3v) is 2.76. The number of nitrogens with two attached hydrogens (primary N) is 1. The van der Waals surface area contributed by atoms with Crippen LogP contribution in [0.5, 0.6) is 0 Å². The molecule has 0 saturated heterocycles. The topological polar surface area (TPSA) is 51.3 Å². The Morgan fingerprint density at radius 1 is 1.39 bits per heavy atom. The Morgan fingerprint density at radius 3 is 2.61 bits per heavy atom. The number of hydrogen-bond acceptors (Lipinski definition) is 2. The number of benzene rings is 1. The molecular weight excluding hydrogens is 233 g/mol. The van der Waals surface area contributed by atoms with Crippen LogP contribution in [-0.4, -0.2) is 17.5 Å². The van der Waals surface area contributed by atoms with E-state index < -0.39 is 5.82 Å². The van der Waals surface area contributed by atoms with E-state index in [-0.39, 0.29) is 11.6 Å². The van der Waals surface area contributed by atoms with Crippen LogP contribution in [0.25, 0.3) is 0 Å². The number of aromatic nitrogens is 1. The number of nitrogens with zero attached hydrogens (tertiary/aromatic N) is 2. The van der Waals surface area contributed by atoms with E-state index in [0.717, 1.165) is 0 Å². The lowest BCUT2D eigenvalue weighted by Crippen LogP contribution is -2.28. The van der Waals surface area contributed by atoms with Gasteiger partial charge in [-0.1, -0.05) is 12.1 Å². The molecule has 1 heterocycles. The fourth-order valence-corrected chi connectivity index (χ4v) is 1.81. The van der Waals surface area contributed by atoms with E-state index in [1.54, 1.807) is 42.1 Å². The van der Waals surface area contributed by atoms with Crippen molar-refractivity contribution in [3.63, 3.8) is 0 Å². The van der Waals surface area contributed by atoms with Crippen molar-refractivity contribution in [1.82, 2.24) is 4.57 Å². The van der Waals surface area contributed by atoms with Gasteiger partial charge in [0.2, 0.25) is 0 Å². The van der Waals surface area contributed by atoms with E-state index in [2.05, 4.69) is 0 Å². The van der Waals surface area contributed by atoms with Gasteiger partial charge in [-0.25, -0.2) is 4.39 Å². The van der Waals surface area contributed by atoms with Gasteiger partial charge in [0.25, 0.3) is 5.91 Å². The first-order valence-electron chi connectivity index (χ1n) is 5.45. The van der Waals surface area contributed by atoms with E-state index in [9.17, 15) is 9.18 Å². The maximum absolute atomic E-state index is 13.6. The average molecular weight is 247 g/mol.